The van der Waals surface area contributed by atoms with Crippen LogP contribution in [-0.2, 0) is 4.79 Å². The maximum atomic E-state index is 11.8. The normalized spacial score (nSPS) is 13.9. The Hall–Kier alpha value is -1.16. The van der Waals surface area contributed by atoms with Crippen LogP contribution in [0.5, 0.6) is 5.75 Å². The van der Waals surface area contributed by atoms with Crippen LogP contribution in [0.2, 0.25) is 0 Å². The van der Waals surface area contributed by atoms with Crippen molar-refractivity contribution in [1.82, 2.24) is 5.32 Å². The number of carbonyl (C=O) groups is 1. The Morgan fingerprint density at radius 3 is 2.59 bits per heavy atom. The summed E-state index contributed by atoms with van der Waals surface area (Å²) in [7, 11) is 1.64. The summed E-state index contributed by atoms with van der Waals surface area (Å²) in [5, 5.41) is 2.95. The van der Waals surface area contributed by atoms with Gasteiger partial charge >= 0.3 is 0 Å². The molecule has 1 rings (SSSR count). The molecular weight excluding hydrogens is 234 g/mol. The first kappa shape index (κ1) is 13.9. The van der Waals surface area contributed by atoms with Crippen molar-refractivity contribution in [2.75, 3.05) is 13.4 Å². The van der Waals surface area contributed by atoms with Gasteiger partial charge in [0.15, 0.2) is 0 Å². The van der Waals surface area contributed by atoms with Crippen molar-refractivity contribution in [2.24, 2.45) is 0 Å². The lowest BCUT2D eigenvalue weighted by molar-refractivity contribution is -0.120. The summed E-state index contributed by atoms with van der Waals surface area (Å²) < 4.78 is 5.28. The Morgan fingerprint density at radius 2 is 2.00 bits per heavy atom. The molecule has 0 aromatic heterocycles. The Morgan fingerprint density at radius 1 is 1.35 bits per heavy atom. The molecule has 2 atom stereocenters. The third kappa shape index (κ3) is 3.66. The second kappa shape index (κ2) is 6.55. The predicted octanol–water partition coefficient (Wildman–Crippen LogP) is 2.62. The average Bonchev–Trinajstić information content (AvgIpc) is 2.37. The van der Waals surface area contributed by atoms with Crippen LogP contribution in [0.4, 0.5) is 0 Å². The van der Waals surface area contributed by atoms with Crippen molar-refractivity contribution in [3.05, 3.63) is 29.8 Å². The molecule has 0 fully saturated rings. The van der Waals surface area contributed by atoms with E-state index in [1.54, 1.807) is 7.11 Å². The maximum absolute atomic E-state index is 11.8. The first-order valence-electron chi connectivity index (χ1n) is 5.56. The number of carbonyl (C=O) groups excluding carboxylic acids is 1. The van der Waals surface area contributed by atoms with Crippen molar-refractivity contribution in [1.29, 1.82) is 0 Å². The number of hydrogen-bond acceptors (Lipinski definition) is 3. The smallest absolute Gasteiger partial charge is 0.233 e. The molecule has 0 bridgehead atoms. The van der Waals surface area contributed by atoms with E-state index in [1.807, 2.05) is 44.4 Å². The average molecular weight is 253 g/mol. The SMILES string of the molecule is COc1ccccc1C(C)NC(=O)C(C)SC. The van der Waals surface area contributed by atoms with Crippen LogP contribution in [0.1, 0.15) is 25.5 Å². The molecule has 0 radical (unpaired) electrons. The Kier molecular flexibility index (Phi) is 5.35. The number of benzene rings is 1. The van der Waals surface area contributed by atoms with Crippen molar-refractivity contribution >= 4 is 17.7 Å². The Bertz CT molecular complexity index is 381. The monoisotopic (exact) mass is 253 g/mol. The van der Waals surface area contributed by atoms with E-state index in [9.17, 15) is 4.79 Å². The lowest BCUT2D eigenvalue weighted by atomic mass is 10.1. The fourth-order valence-corrected chi connectivity index (χ4v) is 1.82. The first-order valence-corrected chi connectivity index (χ1v) is 6.85. The summed E-state index contributed by atoms with van der Waals surface area (Å²) in [4.78, 5) is 11.8. The predicted molar refractivity (Wildman–Crippen MR) is 72.5 cm³/mol. The van der Waals surface area contributed by atoms with Crippen molar-refractivity contribution < 1.29 is 9.53 Å². The van der Waals surface area contributed by atoms with E-state index >= 15 is 0 Å². The molecule has 0 aliphatic carbocycles. The molecule has 0 saturated heterocycles. The fraction of sp³-hybridized carbons (Fsp3) is 0.462. The molecule has 1 aromatic rings. The Labute approximate surface area is 107 Å². The highest BCUT2D eigenvalue weighted by atomic mass is 32.2. The van der Waals surface area contributed by atoms with E-state index in [4.69, 9.17) is 4.74 Å². The number of hydrogen-bond donors (Lipinski definition) is 1. The highest BCUT2D eigenvalue weighted by molar-refractivity contribution is 7.99. The van der Waals surface area contributed by atoms with E-state index < -0.39 is 0 Å². The molecule has 4 heteroatoms. The third-order valence-electron chi connectivity index (χ3n) is 2.69. The summed E-state index contributed by atoms with van der Waals surface area (Å²) in [6.07, 6.45) is 1.93. The van der Waals surface area contributed by atoms with Crippen LogP contribution in [0.25, 0.3) is 0 Å². The number of ether oxygens (including phenoxy) is 1. The summed E-state index contributed by atoms with van der Waals surface area (Å²) in [6.45, 7) is 3.86. The summed E-state index contributed by atoms with van der Waals surface area (Å²) in [5.74, 6) is 0.855. The molecule has 0 saturated carbocycles. The van der Waals surface area contributed by atoms with Gasteiger partial charge in [0.2, 0.25) is 5.91 Å². The molecule has 2 unspecified atom stereocenters. The summed E-state index contributed by atoms with van der Waals surface area (Å²) >= 11 is 1.54. The van der Waals surface area contributed by atoms with Crippen LogP contribution in [-0.4, -0.2) is 24.5 Å². The molecule has 1 N–H and O–H groups in total. The number of thioether (sulfide) groups is 1. The zero-order chi connectivity index (χ0) is 12.8. The molecule has 1 aromatic carbocycles. The van der Waals surface area contributed by atoms with Gasteiger partial charge in [-0.05, 0) is 26.2 Å². The maximum Gasteiger partial charge on any atom is 0.233 e. The summed E-state index contributed by atoms with van der Waals surface area (Å²) in [5.41, 5.74) is 0.997. The number of rotatable bonds is 5. The van der Waals surface area contributed by atoms with E-state index in [0.717, 1.165) is 11.3 Å². The molecular formula is C13H19NO2S. The van der Waals surface area contributed by atoms with Gasteiger partial charge in [0, 0.05) is 5.56 Å². The highest BCUT2D eigenvalue weighted by Crippen LogP contribution is 2.24. The van der Waals surface area contributed by atoms with Crippen LogP contribution < -0.4 is 10.1 Å². The molecule has 3 nitrogen and oxygen atoms in total. The van der Waals surface area contributed by atoms with Crippen LogP contribution in [0.15, 0.2) is 24.3 Å². The number of nitrogens with one attached hydrogen (secondary N) is 1. The fourth-order valence-electron chi connectivity index (χ4n) is 1.54. The minimum Gasteiger partial charge on any atom is -0.496 e. The van der Waals surface area contributed by atoms with Gasteiger partial charge in [0.05, 0.1) is 18.4 Å². The molecule has 0 aliphatic heterocycles. The van der Waals surface area contributed by atoms with E-state index in [1.165, 1.54) is 11.8 Å². The largest absolute Gasteiger partial charge is 0.496 e. The quantitative estimate of drug-likeness (QED) is 0.876. The standard InChI is InChI=1S/C13H19NO2S/c1-9(14-13(15)10(2)17-4)11-7-5-6-8-12(11)16-3/h5-10H,1-4H3,(H,14,15). The molecule has 0 heterocycles. The van der Waals surface area contributed by atoms with Gasteiger partial charge in [-0.15, -0.1) is 0 Å². The second-order valence-electron chi connectivity index (χ2n) is 3.85. The van der Waals surface area contributed by atoms with Gasteiger partial charge in [0.25, 0.3) is 0 Å². The highest BCUT2D eigenvalue weighted by Gasteiger charge is 2.17. The molecule has 94 valence electrons. The van der Waals surface area contributed by atoms with Crippen molar-refractivity contribution in [3.8, 4) is 5.75 Å². The molecule has 0 aliphatic rings. The summed E-state index contributed by atoms with van der Waals surface area (Å²) in [6, 6.07) is 7.68. The number of methoxy groups -OCH3 is 1. The molecule has 1 amide bonds. The van der Waals surface area contributed by atoms with E-state index in [2.05, 4.69) is 5.32 Å². The van der Waals surface area contributed by atoms with Gasteiger partial charge in [-0.25, -0.2) is 0 Å². The molecule has 17 heavy (non-hydrogen) atoms. The van der Waals surface area contributed by atoms with Gasteiger partial charge in [-0.3, -0.25) is 4.79 Å². The lowest BCUT2D eigenvalue weighted by Gasteiger charge is -2.19. The van der Waals surface area contributed by atoms with Gasteiger partial charge in [-0.1, -0.05) is 18.2 Å². The van der Waals surface area contributed by atoms with Gasteiger partial charge in [0.1, 0.15) is 5.75 Å². The first-order chi connectivity index (χ1) is 8.10. The zero-order valence-corrected chi connectivity index (χ0v) is 11.5. The minimum absolute atomic E-state index is 0.0350. The number of para-hydroxylation sites is 1. The zero-order valence-electron chi connectivity index (χ0n) is 10.7. The third-order valence-corrected chi connectivity index (χ3v) is 3.61. The van der Waals surface area contributed by atoms with E-state index in [-0.39, 0.29) is 17.2 Å². The van der Waals surface area contributed by atoms with E-state index in [0.29, 0.717) is 0 Å². The van der Waals surface area contributed by atoms with Gasteiger partial charge < -0.3 is 10.1 Å². The van der Waals surface area contributed by atoms with Crippen LogP contribution in [0, 0.1) is 0 Å². The number of amides is 1. The minimum atomic E-state index is -0.0479. The van der Waals surface area contributed by atoms with Crippen molar-refractivity contribution in [2.45, 2.75) is 25.1 Å². The van der Waals surface area contributed by atoms with Crippen molar-refractivity contribution in [3.63, 3.8) is 0 Å². The van der Waals surface area contributed by atoms with Gasteiger partial charge in [-0.2, -0.15) is 11.8 Å². The second-order valence-corrected chi connectivity index (χ2v) is 5.03. The Balaban J connectivity index is 2.76. The topological polar surface area (TPSA) is 38.3 Å². The van der Waals surface area contributed by atoms with Crippen LogP contribution in [0.3, 0.4) is 0 Å². The molecule has 0 spiro atoms. The van der Waals surface area contributed by atoms with Crippen LogP contribution >= 0.6 is 11.8 Å². The lowest BCUT2D eigenvalue weighted by Crippen LogP contribution is -2.33.